The molecular formula is C15H8BrN5. The fraction of sp³-hybridized carbons (Fsp3) is 0. The fourth-order valence-corrected chi connectivity index (χ4v) is 2.57. The summed E-state index contributed by atoms with van der Waals surface area (Å²) in [4.78, 5) is 4.27. The maximum absolute atomic E-state index is 9.31. The van der Waals surface area contributed by atoms with Gasteiger partial charge in [0, 0.05) is 4.47 Å². The van der Waals surface area contributed by atoms with Crippen molar-refractivity contribution in [2.75, 3.05) is 5.73 Å². The molecule has 1 aromatic heterocycles. The smallest absolute Gasteiger partial charge is 0.205 e. The summed E-state index contributed by atoms with van der Waals surface area (Å²) in [6, 6.07) is 14.7. The van der Waals surface area contributed by atoms with Gasteiger partial charge in [-0.3, -0.25) is 4.57 Å². The summed E-state index contributed by atoms with van der Waals surface area (Å²) in [5.74, 6) is 0.277. The molecule has 0 aliphatic heterocycles. The lowest BCUT2D eigenvalue weighted by Crippen LogP contribution is -2.03. The van der Waals surface area contributed by atoms with Crippen molar-refractivity contribution in [3.8, 4) is 17.8 Å². The first kappa shape index (κ1) is 13.2. The van der Waals surface area contributed by atoms with Crippen molar-refractivity contribution in [2.45, 2.75) is 0 Å². The molecular weight excluding hydrogens is 330 g/mol. The molecule has 3 aromatic rings. The lowest BCUT2D eigenvalue weighted by molar-refractivity contribution is 1.10. The molecule has 0 saturated carbocycles. The second-order valence-electron chi connectivity index (χ2n) is 4.39. The number of nitrogens with two attached hydrogens (primary N) is 1. The Morgan fingerprint density at radius 2 is 1.90 bits per heavy atom. The molecule has 21 heavy (non-hydrogen) atoms. The summed E-state index contributed by atoms with van der Waals surface area (Å²) < 4.78 is 2.49. The van der Waals surface area contributed by atoms with Crippen molar-refractivity contribution in [2.24, 2.45) is 0 Å². The predicted molar refractivity (Wildman–Crippen MR) is 82.6 cm³/mol. The molecule has 0 amide bonds. The number of rotatable bonds is 1. The first-order valence-electron chi connectivity index (χ1n) is 6.02. The molecule has 0 radical (unpaired) electrons. The third-order valence-corrected chi connectivity index (χ3v) is 3.62. The van der Waals surface area contributed by atoms with E-state index in [1.807, 2.05) is 6.07 Å². The Labute approximate surface area is 129 Å². The number of imidazole rings is 1. The molecule has 0 bridgehead atoms. The van der Waals surface area contributed by atoms with E-state index in [2.05, 4.69) is 33.1 Å². The minimum absolute atomic E-state index is 0.277. The zero-order valence-corrected chi connectivity index (χ0v) is 12.3. The Kier molecular flexibility index (Phi) is 3.09. The maximum atomic E-state index is 9.31. The average molecular weight is 338 g/mol. The second-order valence-corrected chi connectivity index (χ2v) is 5.31. The highest BCUT2D eigenvalue weighted by Crippen LogP contribution is 2.27. The maximum Gasteiger partial charge on any atom is 0.205 e. The number of nitrogens with zero attached hydrogens (tertiary/aromatic N) is 4. The molecule has 0 fully saturated rings. The molecule has 0 aliphatic carbocycles. The number of anilines is 1. The largest absolute Gasteiger partial charge is 0.369 e. The number of halogens is 1. The average Bonchev–Trinajstić information content (AvgIpc) is 2.82. The number of nitriles is 2. The first-order chi connectivity index (χ1) is 10.1. The van der Waals surface area contributed by atoms with Gasteiger partial charge in [-0.05, 0) is 36.4 Å². The quantitative estimate of drug-likeness (QED) is 0.738. The van der Waals surface area contributed by atoms with Crippen LogP contribution in [0.5, 0.6) is 0 Å². The van der Waals surface area contributed by atoms with Gasteiger partial charge < -0.3 is 5.73 Å². The normalized spacial score (nSPS) is 10.2. The minimum Gasteiger partial charge on any atom is -0.369 e. The van der Waals surface area contributed by atoms with Crippen LogP contribution >= 0.6 is 15.9 Å². The van der Waals surface area contributed by atoms with Gasteiger partial charge in [-0.25, -0.2) is 4.98 Å². The van der Waals surface area contributed by atoms with Gasteiger partial charge in [-0.15, -0.1) is 0 Å². The molecule has 2 aromatic carbocycles. The van der Waals surface area contributed by atoms with Crippen LogP contribution in [-0.4, -0.2) is 9.55 Å². The van der Waals surface area contributed by atoms with Crippen LogP contribution < -0.4 is 5.73 Å². The van der Waals surface area contributed by atoms with Gasteiger partial charge in [-0.2, -0.15) is 10.5 Å². The van der Waals surface area contributed by atoms with E-state index in [9.17, 15) is 5.26 Å². The lowest BCUT2D eigenvalue weighted by Gasteiger charge is -2.09. The highest BCUT2D eigenvalue weighted by atomic mass is 79.9. The van der Waals surface area contributed by atoms with Crippen LogP contribution in [0.2, 0.25) is 0 Å². The molecule has 3 rings (SSSR count). The molecule has 0 spiro atoms. The SMILES string of the molecule is N#Cc1ccc2nc(N)n(-c3ccc(Br)cc3C#N)c2c1. The zero-order chi connectivity index (χ0) is 15.0. The van der Waals surface area contributed by atoms with Crippen LogP contribution in [0.3, 0.4) is 0 Å². The summed E-state index contributed by atoms with van der Waals surface area (Å²) in [5.41, 5.74) is 8.98. The Morgan fingerprint density at radius 3 is 2.62 bits per heavy atom. The van der Waals surface area contributed by atoms with Crippen LogP contribution in [0.4, 0.5) is 5.95 Å². The predicted octanol–water partition coefficient (Wildman–Crippen LogP) is 3.11. The van der Waals surface area contributed by atoms with Crippen molar-refractivity contribution in [3.05, 3.63) is 52.0 Å². The third-order valence-electron chi connectivity index (χ3n) is 3.13. The van der Waals surface area contributed by atoms with Crippen molar-refractivity contribution in [3.63, 3.8) is 0 Å². The highest BCUT2D eigenvalue weighted by Gasteiger charge is 2.14. The van der Waals surface area contributed by atoms with Gasteiger partial charge in [0.25, 0.3) is 0 Å². The van der Waals surface area contributed by atoms with E-state index in [0.29, 0.717) is 27.8 Å². The number of fused-ring (bicyclic) bond motifs is 1. The number of hydrogen-bond donors (Lipinski definition) is 1. The van der Waals surface area contributed by atoms with Gasteiger partial charge in [0.2, 0.25) is 5.95 Å². The second kappa shape index (κ2) is 4.93. The van der Waals surface area contributed by atoms with Crippen LogP contribution in [0.25, 0.3) is 16.7 Å². The fourth-order valence-electron chi connectivity index (χ4n) is 2.21. The molecule has 1 heterocycles. The van der Waals surface area contributed by atoms with E-state index in [0.717, 1.165) is 4.47 Å². The molecule has 6 heteroatoms. The zero-order valence-electron chi connectivity index (χ0n) is 10.7. The van der Waals surface area contributed by atoms with Crippen LogP contribution in [-0.2, 0) is 0 Å². The van der Waals surface area contributed by atoms with E-state index in [1.165, 1.54) is 0 Å². The molecule has 0 saturated heterocycles. The van der Waals surface area contributed by atoms with Gasteiger partial charge in [0.1, 0.15) is 6.07 Å². The summed E-state index contributed by atoms with van der Waals surface area (Å²) in [5, 5.41) is 18.3. The van der Waals surface area contributed by atoms with Crippen molar-refractivity contribution in [1.29, 1.82) is 10.5 Å². The van der Waals surface area contributed by atoms with Gasteiger partial charge in [-0.1, -0.05) is 15.9 Å². The highest BCUT2D eigenvalue weighted by molar-refractivity contribution is 9.10. The molecule has 100 valence electrons. The molecule has 0 unspecified atom stereocenters. The lowest BCUT2D eigenvalue weighted by atomic mass is 10.1. The van der Waals surface area contributed by atoms with Gasteiger partial charge >= 0.3 is 0 Å². The number of nitrogen functional groups attached to an aromatic ring is 1. The minimum atomic E-state index is 0.277. The van der Waals surface area contributed by atoms with E-state index in [1.54, 1.807) is 34.9 Å². The van der Waals surface area contributed by atoms with Crippen LogP contribution in [0.1, 0.15) is 11.1 Å². The first-order valence-corrected chi connectivity index (χ1v) is 6.81. The Bertz CT molecular complexity index is 943. The number of benzene rings is 2. The molecule has 5 nitrogen and oxygen atoms in total. The van der Waals surface area contributed by atoms with Gasteiger partial charge in [0.15, 0.2) is 0 Å². The number of hydrogen-bond acceptors (Lipinski definition) is 4. The Balaban J connectivity index is 2.38. The molecule has 0 aliphatic rings. The molecule has 0 atom stereocenters. The van der Waals surface area contributed by atoms with Crippen molar-refractivity contribution in [1.82, 2.24) is 9.55 Å². The summed E-state index contributed by atoms with van der Waals surface area (Å²) in [6.07, 6.45) is 0. The number of aromatic nitrogens is 2. The van der Waals surface area contributed by atoms with Crippen molar-refractivity contribution >= 4 is 32.9 Å². The standard InChI is InChI=1S/C15H8BrN5/c16-11-2-4-13(10(6-11)8-18)21-14-5-9(7-17)1-3-12(14)20-15(21)19/h1-6H,(H2,19,20). The van der Waals surface area contributed by atoms with E-state index < -0.39 is 0 Å². The van der Waals surface area contributed by atoms with E-state index >= 15 is 0 Å². The third kappa shape index (κ3) is 2.12. The molecule has 2 N–H and O–H groups in total. The summed E-state index contributed by atoms with van der Waals surface area (Å²) in [6.45, 7) is 0. The van der Waals surface area contributed by atoms with E-state index in [4.69, 9.17) is 11.0 Å². The summed E-state index contributed by atoms with van der Waals surface area (Å²) >= 11 is 3.34. The van der Waals surface area contributed by atoms with Crippen LogP contribution in [0, 0.1) is 22.7 Å². The monoisotopic (exact) mass is 337 g/mol. The summed E-state index contributed by atoms with van der Waals surface area (Å²) in [7, 11) is 0. The Hall–Kier alpha value is -2.83. The topological polar surface area (TPSA) is 91.4 Å². The Morgan fingerprint density at radius 1 is 1.10 bits per heavy atom. The van der Waals surface area contributed by atoms with Gasteiger partial charge in [0.05, 0.1) is 33.9 Å². The van der Waals surface area contributed by atoms with E-state index in [-0.39, 0.29) is 5.95 Å². The van der Waals surface area contributed by atoms with Crippen molar-refractivity contribution < 1.29 is 0 Å². The van der Waals surface area contributed by atoms with Crippen LogP contribution in [0.15, 0.2) is 40.9 Å².